The lowest BCUT2D eigenvalue weighted by Crippen LogP contribution is -2.65. The summed E-state index contributed by atoms with van der Waals surface area (Å²) in [5.74, 6) is -2.58. The Morgan fingerprint density at radius 2 is 1.25 bits per heavy atom. The van der Waals surface area contributed by atoms with E-state index in [1.54, 1.807) is 24.5 Å². The molecule has 8 N–H and O–H groups in total. The van der Waals surface area contributed by atoms with Gasteiger partial charge in [-0.3, -0.25) is 28.8 Å². The van der Waals surface area contributed by atoms with Crippen molar-refractivity contribution in [3.05, 3.63) is 102 Å². The zero-order valence-corrected chi connectivity index (χ0v) is 35.6. The van der Waals surface area contributed by atoms with E-state index in [0.717, 1.165) is 32.9 Å². The number of carbonyl (C=O) groups is 6. The second-order valence-corrected chi connectivity index (χ2v) is 17.6. The van der Waals surface area contributed by atoms with Crippen LogP contribution in [-0.4, -0.2) is 117 Å². The van der Waals surface area contributed by atoms with E-state index < -0.39 is 77.3 Å². The number of aromatic nitrogens is 2. The summed E-state index contributed by atoms with van der Waals surface area (Å²) < 4.78 is 6.33. The third-order valence-electron chi connectivity index (χ3n) is 13.5. The number of H-pyrrole nitrogens is 2. The Bertz CT molecular complexity index is 2550. The van der Waals surface area contributed by atoms with Crippen LogP contribution >= 0.6 is 0 Å². The van der Waals surface area contributed by atoms with Gasteiger partial charge in [0.15, 0.2) is 0 Å². The van der Waals surface area contributed by atoms with Crippen LogP contribution in [0.2, 0.25) is 0 Å². The molecule has 1 spiro atoms. The number of para-hydroxylation sites is 3. The van der Waals surface area contributed by atoms with Crippen molar-refractivity contribution in [2.45, 2.75) is 106 Å². The average Bonchev–Trinajstić information content (AvgIpc) is 4.17. The largest absolute Gasteiger partial charge is 0.488 e. The quantitative estimate of drug-likeness (QED) is 0.123. The molecule has 5 heterocycles. The zero-order valence-electron chi connectivity index (χ0n) is 35.6. The predicted octanol–water partition coefficient (Wildman–Crippen LogP) is 2.72. The van der Waals surface area contributed by atoms with E-state index in [4.69, 9.17) is 10.5 Å². The fourth-order valence-electron chi connectivity index (χ4n) is 10.2. The van der Waals surface area contributed by atoms with Gasteiger partial charge in [0.25, 0.3) is 0 Å². The van der Waals surface area contributed by atoms with Gasteiger partial charge in [-0.1, -0.05) is 67.4 Å². The molecule has 4 aliphatic rings. The highest BCUT2D eigenvalue weighted by atomic mass is 16.5. The number of nitrogens with one attached hydrogen (secondary N) is 6. The fourth-order valence-corrected chi connectivity index (χ4v) is 10.2. The lowest BCUT2D eigenvalue weighted by molar-refractivity contribution is -0.148. The highest BCUT2D eigenvalue weighted by Crippen LogP contribution is 2.32. The molecule has 5 aromatic rings. The minimum absolute atomic E-state index is 0.0599. The number of amides is 6. The van der Waals surface area contributed by atoms with E-state index in [2.05, 4.69) is 31.2 Å². The van der Waals surface area contributed by atoms with Crippen molar-refractivity contribution in [1.29, 1.82) is 0 Å². The minimum Gasteiger partial charge on any atom is -0.488 e. The van der Waals surface area contributed by atoms with Gasteiger partial charge in [0.05, 0.1) is 6.54 Å². The first kappa shape index (κ1) is 42.6. The SMILES string of the molecule is NCC[C@@H]1NC(=O)[C@H](Cc2c[nH]c3ccccc23)NC(=O)C2(CCCC2)NC(=O)[C@H](Cc2c[nH]c3ccccc23)NC(=O)[C@H]2C[C@H](Oc3ccccc3)CN2C(=O)[C@H]2CCCN2C1=O. The van der Waals surface area contributed by atoms with Gasteiger partial charge in [0.1, 0.15) is 47.6 Å². The van der Waals surface area contributed by atoms with Gasteiger partial charge in [-0.05, 0) is 74.0 Å². The second-order valence-electron chi connectivity index (χ2n) is 17.6. The lowest BCUT2D eigenvalue weighted by Gasteiger charge is -2.35. The number of nitrogens with zero attached hydrogens (tertiary/aromatic N) is 2. The standard InChI is InChI=1S/C48H55N9O7/c49-21-18-37-45(61)56-22-10-17-40(56)46(62)57-28-32(64-31-11-2-1-3-12-31)25-41(57)44(60)53-39(24-30-27-51-36-16-7-5-14-34(30)36)43(59)55-48(19-8-9-20-48)47(63)54-38(42(58)52-37)23-29-26-50-35-15-6-4-13-33(29)35/h1-7,11-16,26-27,32,37-41,50-51H,8-10,17-25,28,49H2,(H,52,58)(H,53,60)(H,54,63)(H,55,59)/t32-,37-,38-,39-,40+,41+/m0/s1. The van der Waals surface area contributed by atoms with Crippen LogP contribution in [0.25, 0.3) is 21.8 Å². The summed E-state index contributed by atoms with van der Waals surface area (Å²) in [6.45, 7) is 0.376. The average molecular weight is 870 g/mol. The van der Waals surface area contributed by atoms with Crippen LogP contribution in [0.4, 0.5) is 0 Å². The van der Waals surface area contributed by atoms with E-state index in [1.165, 1.54) is 9.80 Å². The summed E-state index contributed by atoms with van der Waals surface area (Å²) in [6, 6.07) is 19.0. The molecule has 1 saturated carbocycles. The first-order valence-corrected chi connectivity index (χ1v) is 22.5. The lowest BCUT2D eigenvalue weighted by atomic mass is 9.93. The molecule has 3 aliphatic heterocycles. The Kier molecular flexibility index (Phi) is 12.1. The van der Waals surface area contributed by atoms with Crippen molar-refractivity contribution in [3.8, 4) is 5.75 Å². The fraction of sp³-hybridized carbons (Fsp3) is 0.417. The maximum absolute atomic E-state index is 14.9. The van der Waals surface area contributed by atoms with Crippen LogP contribution < -0.4 is 31.7 Å². The Balaban J connectivity index is 1.10. The molecule has 0 unspecified atom stereocenters. The summed E-state index contributed by atoms with van der Waals surface area (Å²) in [6.07, 6.45) is 6.12. The molecule has 64 heavy (non-hydrogen) atoms. The smallest absolute Gasteiger partial charge is 0.246 e. The highest BCUT2D eigenvalue weighted by molar-refractivity contribution is 6.00. The Labute approximate surface area is 370 Å². The van der Waals surface area contributed by atoms with Crippen molar-refractivity contribution < 1.29 is 33.5 Å². The van der Waals surface area contributed by atoms with Crippen LogP contribution in [-0.2, 0) is 41.6 Å². The number of carbonyl (C=O) groups excluding carboxylic acids is 6. The van der Waals surface area contributed by atoms with E-state index in [0.29, 0.717) is 44.3 Å². The van der Waals surface area contributed by atoms with Gasteiger partial charge in [-0.25, -0.2) is 0 Å². The van der Waals surface area contributed by atoms with Crippen molar-refractivity contribution in [1.82, 2.24) is 41.0 Å². The summed E-state index contributed by atoms with van der Waals surface area (Å²) in [5.41, 5.74) is 7.89. The molecular weight excluding hydrogens is 815 g/mol. The molecule has 16 heteroatoms. The highest BCUT2D eigenvalue weighted by Gasteiger charge is 2.49. The second kappa shape index (κ2) is 18.2. The zero-order chi connectivity index (χ0) is 44.4. The van der Waals surface area contributed by atoms with Crippen LogP contribution in [0, 0.1) is 0 Å². The monoisotopic (exact) mass is 869 g/mol. The molecule has 334 valence electrons. The number of aromatic amines is 2. The van der Waals surface area contributed by atoms with E-state index in [-0.39, 0.29) is 45.3 Å². The van der Waals surface area contributed by atoms with Crippen LogP contribution in [0.15, 0.2) is 91.3 Å². The molecule has 2 aromatic heterocycles. The first-order valence-electron chi connectivity index (χ1n) is 22.5. The third-order valence-corrected chi connectivity index (χ3v) is 13.5. The Morgan fingerprint density at radius 1 is 0.641 bits per heavy atom. The van der Waals surface area contributed by atoms with E-state index in [9.17, 15) is 28.8 Å². The topological polar surface area (TPSA) is 224 Å². The van der Waals surface area contributed by atoms with Crippen LogP contribution in [0.3, 0.4) is 0 Å². The van der Waals surface area contributed by atoms with Crippen molar-refractivity contribution in [3.63, 3.8) is 0 Å². The molecule has 3 aromatic carbocycles. The predicted molar refractivity (Wildman–Crippen MR) is 239 cm³/mol. The summed E-state index contributed by atoms with van der Waals surface area (Å²) in [4.78, 5) is 98.0. The number of nitrogens with two attached hydrogens (primary N) is 1. The molecule has 6 amide bonds. The number of hydrogen-bond donors (Lipinski definition) is 7. The van der Waals surface area contributed by atoms with Crippen molar-refractivity contribution in [2.75, 3.05) is 19.6 Å². The minimum atomic E-state index is -1.41. The van der Waals surface area contributed by atoms with Gasteiger partial charge in [0, 0.05) is 60.0 Å². The number of ether oxygens (including phenoxy) is 1. The number of rotatable bonds is 8. The van der Waals surface area contributed by atoms with Gasteiger partial charge in [0.2, 0.25) is 35.4 Å². The molecule has 1 aliphatic carbocycles. The van der Waals surface area contributed by atoms with Crippen molar-refractivity contribution >= 4 is 57.2 Å². The Hall–Kier alpha value is -6.68. The molecule has 0 radical (unpaired) electrons. The van der Waals surface area contributed by atoms with Crippen LogP contribution in [0.1, 0.15) is 62.5 Å². The maximum atomic E-state index is 14.9. The summed E-state index contributed by atoms with van der Waals surface area (Å²) in [7, 11) is 0. The molecule has 16 nitrogen and oxygen atoms in total. The summed E-state index contributed by atoms with van der Waals surface area (Å²) >= 11 is 0. The van der Waals surface area contributed by atoms with Gasteiger partial charge < -0.3 is 51.5 Å². The van der Waals surface area contributed by atoms with Gasteiger partial charge in [-0.2, -0.15) is 0 Å². The molecule has 4 fully saturated rings. The first-order chi connectivity index (χ1) is 31.1. The normalized spacial score (nSPS) is 25.7. The number of fused-ring (bicyclic) bond motifs is 4. The van der Waals surface area contributed by atoms with Crippen molar-refractivity contribution in [2.24, 2.45) is 5.73 Å². The third kappa shape index (κ3) is 8.53. The number of benzene rings is 3. The Morgan fingerprint density at radius 3 is 1.91 bits per heavy atom. The van der Waals surface area contributed by atoms with Gasteiger partial charge in [-0.15, -0.1) is 0 Å². The molecule has 0 bridgehead atoms. The van der Waals surface area contributed by atoms with Crippen LogP contribution in [0.5, 0.6) is 5.75 Å². The maximum Gasteiger partial charge on any atom is 0.246 e. The molecular formula is C48H55N9O7. The molecule has 3 saturated heterocycles. The molecule has 6 atom stereocenters. The molecule has 9 rings (SSSR count). The van der Waals surface area contributed by atoms with E-state index >= 15 is 0 Å². The van der Waals surface area contributed by atoms with Gasteiger partial charge >= 0.3 is 0 Å². The van der Waals surface area contributed by atoms with E-state index in [1.807, 2.05) is 66.7 Å². The summed E-state index contributed by atoms with van der Waals surface area (Å²) in [5, 5.41) is 13.8. The number of hydrogen-bond acceptors (Lipinski definition) is 8.